The van der Waals surface area contributed by atoms with Gasteiger partial charge in [0, 0.05) is 6.42 Å². The summed E-state index contributed by atoms with van der Waals surface area (Å²) < 4.78 is 6.02. The molecule has 0 saturated carbocycles. The zero-order chi connectivity index (χ0) is 26.9. The fourth-order valence-corrected chi connectivity index (χ4v) is 4.90. The van der Waals surface area contributed by atoms with E-state index in [4.69, 9.17) is 9.84 Å². The van der Waals surface area contributed by atoms with Crippen molar-refractivity contribution in [3.05, 3.63) is 0 Å². The number of hydrogen-bond acceptors (Lipinski definition) is 3. The van der Waals surface area contributed by atoms with Crippen LogP contribution in [-0.4, -0.2) is 55.3 Å². The van der Waals surface area contributed by atoms with Crippen LogP contribution in [0.1, 0.15) is 155 Å². The molecule has 1 N–H and O–H groups in total. The van der Waals surface area contributed by atoms with Gasteiger partial charge < -0.3 is 14.3 Å². The van der Waals surface area contributed by atoms with E-state index in [0.717, 1.165) is 12.8 Å². The second kappa shape index (κ2) is 24.2. The molecule has 0 saturated heterocycles. The third-order valence-electron chi connectivity index (χ3n) is 6.94. The summed E-state index contributed by atoms with van der Waals surface area (Å²) in [6, 6.07) is 0. The van der Waals surface area contributed by atoms with E-state index >= 15 is 0 Å². The van der Waals surface area contributed by atoms with Crippen LogP contribution in [0, 0.1) is 0 Å². The molecule has 1 unspecified atom stereocenters. The summed E-state index contributed by atoms with van der Waals surface area (Å²) in [4.78, 5) is 23.1. The van der Waals surface area contributed by atoms with E-state index in [1.165, 1.54) is 122 Å². The number of quaternary nitrogens is 1. The molecule has 0 aliphatic rings. The van der Waals surface area contributed by atoms with Crippen molar-refractivity contribution < 1.29 is 23.9 Å². The zero-order valence-electron chi connectivity index (χ0n) is 24.7. The highest BCUT2D eigenvalue weighted by atomic mass is 16.5. The van der Waals surface area contributed by atoms with Crippen molar-refractivity contribution in [2.45, 2.75) is 161 Å². The van der Waals surface area contributed by atoms with Crippen molar-refractivity contribution in [2.24, 2.45) is 0 Å². The third kappa shape index (κ3) is 27.5. The lowest BCUT2D eigenvalue weighted by Gasteiger charge is -2.28. The Morgan fingerprint density at radius 1 is 0.611 bits per heavy atom. The van der Waals surface area contributed by atoms with Gasteiger partial charge in [-0.25, -0.2) is 0 Å². The van der Waals surface area contributed by atoms with E-state index in [9.17, 15) is 9.59 Å². The Morgan fingerprint density at radius 3 is 1.25 bits per heavy atom. The zero-order valence-corrected chi connectivity index (χ0v) is 24.7. The fourth-order valence-electron chi connectivity index (χ4n) is 4.90. The lowest BCUT2D eigenvalue weighted by atomic mass is 10.0. The molecule has 0 aromatic rings. The first-order valence-corrected chi connectivity index (χ1v) is 15.5. The molecule has 0 aromatic carbocycles. The van der Waals surface area contributed by atoms with Crippen molar-refractivity contribution in [2.75, 3.05) is 27.7 Å². The molecule has 0 aliphatic carbocycles. The van der Waals surface area contributed by atoms with Crippen LogP contribution in [-0.2, 0) is 14.3 Å². The highest BCUT2D eigenvalue weighted by molar-refractivity contribution is 5.71. The largest absolute Gasteiger partial charge is 0.481 e. The number of carboxylic acid groups (broad SMARTS) is 1. The van der Waals surface area contributed by atoms with Gasteiger partial charge in [-0.05, 0) is 6.42 Å². The van der Waals surface area contributed by atoms with Crippen LogP contribution in [0.2, 0.25) is 0 Å². The lowest BCUT2D eigenvalue weighted by Crippen LogP contribution is -2.43. The summed E-state index contributed by atoms with van der Waals surface area (Å²) in [6.07, 6.45) is 27.9. The second-order valence-electron chi connectivity index (χ2n) is 12.0. The van der Waals surface area contributed by atoms with E-state index in [0.29, 0.717) is 17.4 Å². The summed E-state index contributed by atoms with van der Waals surface area (Å²) in [5.74, 6) is -1.18. The van der Waals surface area contributed by atoms with E-state index in [-0.39, 0.29) is 12.4 Å². The molecule has 5 nitrogen and oxygen atoms in total. The number of rotatable bonds is 27. The number of hydrogen-bond donors (Lipinski definition) is 1. The van der Waals surface area contributed by atoms with Crippen LogP contribution in [0.4, 0.5) is 0 Å². The first kappa shape index (κ1) is 34.9. The molecule has 5 heteroatoms. The Kier molecular flexibility index (Phi) is 23.5. The summed E-state index contributed by atoms with van der Waals surface area (Å²) in [5, 5.41) is 9.05. The Morgan fingerprint density at radius 2 is 0.944 bits per heavy atom. The molecule has 0 spiro atoms. The van der Waals surface area contributed by atoms with Crippen LogP contribution in [0.15, 0.2) is 0 Å². The number of ether oxygens (including phenoxy) is 1. The van der Waals surface area contributed by atoms with Gasteiger partial charge in [0.1, 0.15) is 6.54 Å². The fraction of sp³-hybridized carbons (Fsp3) is 0.935. The van der Waals surface area contributed by atoms with Crippen molar-refractivity contribution in [1.29, 1.82) is 0 Å². The van der Waals surface area contributed by atoms with Crippen LogP contribution in [0.25, 0.3) is 0 Å². The van der Waals surface area contributed by atoms with Crippen LogP contribution < -0.4 is 0 Å². The molecule has 0 bridgehead atoms. The van der Waals surface area contributed by atoms with Crippen molar-refractivity contribution in [1.82, 2.24) is 0 Å². The summed E-state index contributed by atoms with van der Waals surface area (Å²) in [6.45, 7) is 2.80. The number of likely N-dealkylation sites (N-methyl/N-ethyl adjacent to an activating group) is 1. The normalized spacial score (nSPS) is 12.6. The minimum Gasteiger partial charge on any atom is -0.481 e. The maximum absolute atomic E-state index is 12.1. The predicted molar refractivity (Wildman–Crippen MR) is 152 cm³/mol. The third-order valence-corrected chi connectivity index (χ3v) is 6.94. The Hall–Kier alpha value is -1.10. The van der Waals surface area contributed by atoms with Gasteiger partial charge in [-0.15, -0.1) is 0 Å². The maximum Gasteiger partial charge on any atom is 0.307 e. The van der Waals surface area contributed by atoms with Gasteiger partial charge in [0.15, 0.2) is 6.10 Å². The smallest absolute Gasteiger partial charge is 0.307 e. The van der Waals surface area contributed by atoms with Crippen LogP contribution in [0.5, 0.6) is 0 Å². The van der Waals surface area contributed by atoms with Gasteiger partial charge in [-0.2, -0.15) is 0 Å². The molecule has 0 aliphatic heterocycles. The minimum atomic E-state index is -0.921. The number of carbonyl (C=O) groups is 2. The topological polar surface area (TPSA) is 63.6 Å². The number of unbranched alkanes of at least 4 members (excludes halogenated alkanes) is 20. The maximum atomic E-state index is 12.1. The number of nitrogens with zero attached hydrogens (tertiary/aromatic N) is 1. The van der Waals surface area contributed by atoms with E-state index in [1.807, 2.05) is 21.1 Å². The molecule has 36 heavy (non-hydrogen) atoms. The summed E-state index contributed by atoms with van der Waals surface area (Å²) >= 11 is 0. The Balaban J connectivity index is 3.41. The van der Waals surface area contributed by atoms with E-state index in [2.05, 4.69) is 6.92 Å². The van der Waals surface area contributed by atoms with E-state index in [1.54, 1.807) is 0 Å². The van der Waals surface area contributed by atoms with Gasteiger partial charge >= 0.3 is 11.9 Å². The molecular formula is C31H62NO4+. The molecular weight excluding hydrogens is 450 g/mol. The second-order valence-corrected chi connectivity index (χ2v) is 12.0. The Bertz CT molecular complexity index is 515. The number of aliphatic carboxylic acids is 1. The van der Waals surface area contributed by atoms with Gasteiger partial charge in [0.2, 0.25) is 0 Å². The Labute approximate surface area is 224 Å². The standard InChI is InChI=1S/C31H61NO4/c1-5-6-7-8-9-10-11-12-13-14-15-16-17-18-19-20-21-22-23-24-25-26-31(35)36-29(27-30(33)34)28-32(2,3)4/h29H,5-28H2,1-4H3/p+1. The predicted octanol–water partition coefficient (Wildman–Crippen LogP) is 8.68. The van der Waals surface area contributed by atoms with Crippen molar-refractivity contribution >= 4 is 11.9 Å². The quantitative estimate of drug-likeness (QED) is 0.0679. The number of esters is 1. The monoisotopic (exact) mass is 512 g/mol. The highest BCUT2D eigenvalue weighted by Gasteiger charge is 2.24. The molecule has 0 aromatic heterocycles. The average Bonchev–Trinajstić information content (AvgIpc) is 2.78. The van der Waals surface area contributed by atoms with Crippen LogP contribution >= 0.6 is 0 Å². The SMILES string of the molecule is CCCCCCCCCCCCCCCCCCCCCCCC(=O)OC(CC(=O)O)C[N+](C)(C)C. The van der Waals surface area contributed by atoms with Crippen molar-refractivity contribution in [3.8, 4) is 0 Å². The molecule has 1 atom stereocenters. The lowest BCUT2D eigenvalue weighted by molar-refractivity contribution is -0.873. The first-order valence-electron chi connectivity index (χ1n) is 15.5. The number of carbonyl (C=O) groups excluding carboxylic acids is 1. The molecule has 0 amide bonds. The molecule has 0 rings (SSSR count). The first-order chi connectivity index (χ1) is 17.2. The van der Waals surface area contributed by atoms with Gasteiger partial charge in [0.05, 0.1) is 27.6 Å². The number of carboxylic acids is 1. The molecule has 0 radical (unpaired) electrons. The van der Waals surface area contributed by atoms with Gasteiger partial charge in [-0.3, -0.25) is 9.59 Å². The molecule has 0 heterocycles. The van der Waals surface area contributed by atoms with E-state index < -0.39 is 12.1 Å². The summed E-state index contributed by atoms with van der Waals surface area (Å²) in [5.41, 5.74) is 0. The highest BCUT2D eigenvalue weighted by Crippen LogP contribution is 2.15. The van der Waals surface area contributed by atoms with Crippen LogP contribution in [0.3, 0.4) is 0 Å². The summed E-state index contributed by atoms with van der Waals surface area (Å²) in [7, 11) is 5.92. The van der Waals surface area contributed by atoms with Gasteiger partial charge in [-0.1, -0.05) is 135 Å². The molecule has 214 valence electrons. The van der Waals surface area contributed by atoms with Crippen molar-refractivity contribution in [3.63, 3.8) is 0 Å². The average molecular weight is 513 g/mol. The molecule has 0 fully saturated rings. The minimum absolute atomic E-state index is 0.124. The van der Waals surface area contributed by atoms with Gasteiger partial charge in [0.25, 0.3) is 0 Å².